The molecule has 1 aromatic carbocycles. The lowest BCUT2D eigenvalue weighted by molar-refractivity contribution is -0.144. The van der Waals surface area contributed by atoms with Gasteiger partial charge in [-0.25, -0.2) is 15.8 Å². The van der Waals surface area contributed by atoms with Crippen LogP contribution in [0.15, 0.2) is 24.3 Å². The van der Waals surface area contributed by atoms with Gasteiger partial charge in [0, 0.05) is 11.8 Å². The third-order valence-corrected chi connectivity index (χ3v) is 2.99. The van der Waals surface area contributed by atoms with Crippen molar-refractivity contribution in [1.82, 2.24) is 9.97 Å². The van der Waals surface area contributed by atoms with Crippen LogP contribution in [0.2, 0.25) is 0 Å². The van der Waals surface area contributed by atoms with Crippen LogP contribution < -0.4 is 16.6 Å². The Morgan fingerprint density at radius 3 is 2.38 bits per heavy atom. The first-order valence-corrected chi connectivity index (χ1v) is 6.07. The van der Waals surface area contributed by atoms with Crippen molar-refractivity contribution in [3.8, 4) is 0 Å². The number of anilines is 3. The number of nitrogens with one attached hydrogen (secondary N) is 2. The zero-order chi connectivity index (χ0) is 15.6. The minimum absolute atomic E-state index is 0.0129. The largest absolute Gasteiger partial charge is 0.451 e. The Kier molecular flexibility index (Phi) is 3.99. The normalized spacial score (nSPS) is 11.3. The highest BCUT2D eigenvalue weighted by atomic mass is 19.4. The molecule has 0 unspecified atom stereocenters. The summed E-state index contributed by atoms with van der Waals surface area (Å²) in [7, 11) is 0. The first-order valence-electron chi connectivity index (χ1n) is 6.07. The maximum absolute atomic E-state index is 12.7. The summed E-state index contributed by atoms with van der Waals surface area (Å²) in [5.74, 6) is 3.78. The fourth-order valence-corrected chi connectivity index (χ4v) is 1.74. The number of hydrogen-bond donors (Lipinski definition) is 3. The van der Waals surface area contributed by atoms with Gasteiger partial charge in [0.05, 0.1) is 0 Å². The fraction of sp³-hybridized carbons (Fsp3) is 0.231. The molecule has 0 fully saturated rings. The fourth-order valence-electron chi connectivity index (χ4n) is 1.74. The SMILES string of the molecule is Cc1cccc(Nc2cc(NN)nc(C(F)(F)F)n2)c1C. The lowest BCUT2D eigenvalue weighted by Crippen LogP contribution is -2.16. The summed E-state index contributed by atoms with van der Waals surface area (Å²) < 4.78 is 38.2. The molecule has 0 bridgehead atoms. The Balaban J connectivity index is 2.42. The van der Waals surface area contributed by atoms with Gasteiger partial charge in [0.15, 0.2) is 0 Å². The highest BCUT2D eigenvalue weighted by Gasteiger charge is 2.35. The Bertz CT molecular complexity index is 655. The molecule has 0 spiro atoms. The van der Waals surface area contributed by atoms with Gasteiger partial charge in [-0.05, 0) is 31.0 Å². The van der Waals surface area contributed by atoms with E-state index in [9.17, 15) is 13.2 Å². The molecule has 0 aliphatic heterocycles. The number of nitrogens with zero attached hydrogens (tertiary/aromatic N) is 2. The van der Waals surface area contributed by atoms with E-state index in [4.69, 9.17) is 5.84 Å². The van der Waals surface area contributed by atoms with Gasteiger partial charge in [-0.3, -0.25) is 0 Å². The van der Waals surface area contributed by atoms with Crippen LogP contribution in [0.3, 0.4) is 0 Å². The van der Waals surface area contributed by atoms with E-state index >= 15 is 0 Å². The molecule has 4 N–H and O–H groups in total. The maximum Gasteiger partial charge on any atom is 0.451 e. The Morgan fingerprint density at radius 1 is 1.10 bits per heavy atom. The van der Waals surface area contributed by atoms with Crippen molar-refractivity contribution in [3.05, 3.63) is 41.2 Å². The van der Waals surface area contributed by atoms with E-state index in [1.54, 1.807) is 12.1 Å². The van der Waals surface area contributed by atoms with Gasteiger partial charge in [-0.1, -0.05) is 12.1 Å². The van der Waals surface area contributed by atoms with Crippen LogP contribution in [-0.4, -0.2) is 9.97 Å². The minimum atomic E-state index is -4.65. The third kappa shape index (κ3) is 3.40. The van der Waals surface area contributed by atoms with E-state index in [1.165, 1.54) is 6.07 Å². The van der Waals surface area contributed by atoms with Crippen molar-refractivity contribution in [3.63, 3.8) is 0 Å². The van der Waals surface area contributed by atoms with Gasteiger partial charge in [0.1, 0.15) is 11.6 Å². The van der Waals surface area contributed by atoms with E-state index in [0.717, 1.165) is 11.1 Å². The minimum Gasteiger partial charge on any atom is -0.340 e. The second kappa shape index (κ2) is 5.57. The predicted molar refractivity (Wildman–Crippen MR) is 74.0 cm³/mol. The van der Waals surface area contributed by atoms with Gasteiger partial charge in [-0.2, -0.15) is 13.2 Å². The lowest BCUT2D eigenvalue weighted by atomic mass is 10.1. The summed E-state index contributed by atoms with van der Waals surface area (Å²) in [6.07, 6.45) is -4.65. The molecule has 5 nitrogen and oxygen atoms in total. The number of aryl methyl sites for hydroxylation is 1. The van der Waals surface area contributed by atoms with Crippen molar-refractivity contribution in [2.75, 3.05) is 10.7 Å². The zero-order valence-electron chi connectivity index (χ0n) is 11.4. The van der Waals surface area contributed by atoms with Gasteiger partial charge < -0.3 is 10.7 Å². The van der Waals surface area contributed by atoms with Crippen molar-refractivity contribution < 1.29 is 13.2 Å². The first-order chi connectivity index (χ1) is 9.81. The molecule has 0 aliphatic rings. The molecular weight excluding hydrogens is 283 g/mol. The van der Waals surface area contributed by atoms with E-state index in [2.05, 4.69) is 20.7 Å². The van der Waals surface area contributed by atoms with Crippen molar-refractivity contribution in [2.45, 2.75) is 20.0 Å². The summed E-state index contributed by atoms with van der Waals surface area (Å²) in [5.41, 5.74) is 4.71. The molecule has 0 amide bonds. The third-order valence-electron chi connectivity index (χ3n) is 2.99. The molecule has 0 saturated heterocycles. The van der Waals surface area contributed by atoms with Gasteiger partial charge in [0.2, 0.25) is 5.82 Å². The Hall–Kier alpha value is -2.35. The zero-order valence-corrected chi connectivity index (χ0v) is 11.4. The van der Waals surface area contributed by atoms with Crippen LogP contribution in [-0.2, 0) is 6.18 Å². The Morgan fingerprint density at radius 2 is 1.76 bits per heavy atom. The molecule has 2 aromatic rings. The molecule has 0 radical (unpaired) electrons. The monoisotopic (exact) mass is 297 g/mol. The predicted octanol–water partition coefficient (Wildman–Crippen LogP) is 3.14. The molecule has 0 atom stereocenters. The average molecular weight is 297 g/mol. The van der Waals surface area contributed by atoms with Crippen molar-refractivity contribution >= 4 is 17.3 Å². The van der Waals surface area contributed by atoms with Crippen LogP contribution in [0.1, 0.15) is 17.0 Å². The summed E-state index contributed by atoms with van der Waals surface area (Å²) >= 11 is 0. The molecule has 1 aromatic heterocycles. The smallest absolute Gasteiger partial charge is 0.340 e. The maximum atomic E-state index is 12.7. The summed E-state index contributed by atoms with van der Waals surface area (Å²) in [6, 6.07) is 6.78. The average Bonchev–Trinajstić information content (AvgIpc) is 2.42. The van der Waals surface area contributed by atoms with Crippen LogP contribution in [0.25, 0.3) is 0 Å². The number of benzene rings is 1. The molecule has 21 heavy (non-hydrogen) atoms. The van der Waals surface area contributed by atoms with Crippen LogP contribution in [0.4, 0.5) is 30.5 Å². The van der Waals surface area contributed by atoms with Crippen molar-refractivity contribution in [1.29, 1.82) is 0 Å². The standard InChI is InChI=1S/C13H14F3N5/c1-7-4-3-5-9(8(7)2)18-10-6-11(21-17)20-12(19-10)13(14,15)16/h3-6H,17H2,1-2H3,(H2,18,19,20,21). The van der Waals surface area contributed by atoms with Gasteiger partial charge in [0.25, 0.3) is 0 Å². The molecule has 0 aliphatic carbocycles. The molecule has 8 heteroatoms. The number of nitrogen functional groups attached to an aromatic ring is 1. The Labute approximate surface area is 119 Å². The number of alkyl halides is 3. The van der Waals surface area contributed by atoms with E-state index < -0.39 is 12.0 Å². The van der Waals surface area contributed by atoms with Gasteiger partial charge >= 0.3 is 6.18 Å². The van der Waals surface area contributed by atoms with E-state index in [0.29, 0.717) is 5.69 Å². The molecule has 112 valence electrons. The molecule has 0 saturated carbocycles. The quantitative estimate of drug-likeness (QED) is 0.599. The number of rotatable bonds is 3. The number of halogens is 3. The number of aromatic nitrogens is 2. The summed E-state index contributed by atoms with van der Waals surface area (Å²) in [5, 5.41) is 2.85. The van der Waals surface area contributed by atoms with E-state index in [-0.39, 0.29) is 11.6 Å². The topological polar surface area (TPSA) is 75.9 Å². The van der Waals surface area contributed by atoms with Gasteiger partial charge in [-0.15, -0.1) is 0 Å². The molecular formula is C13H14F3N5. The highest BCUT2D eigenvalue weighted by Crippen LogP contribution is 2.29. The number of nitrogens with two attached hydrogens (primary N) is 1. The van der Waals surface area contributed by atoms with Crippen LogP contribution in [0, 0.1) is 13.8 Å². The molecule has 1 heterocycles. The highest BCUT2D eigenvalue weighted by molar-refractivity contribution is 5.63. The van der Waals surface area contributed by atoms with Crippen LogP contribution >= 0.6 is 0 Å². The van der Waals surface area contributed by atoms with Crippen LogP contribution in [0.5, 0.6) is 0 Å². The summed E-state index contributed by atoms with van der Waals surface area (Å²) in [4.78, 5) is 6.77. The molecule has 2 rings (SSSR count). The van der Waals surface area contributed by atoms with Crippen molar-refractivity contribution in [2.24, 2.45) is 5.84 Å². The second-order valence-electron chi connectivity index (χ2n) is 4.48. The second-order valence-corrected chi connectivity index (χ2v) is 4.48. The lowest BCUT2D eigenvalue weighted by Gasteiger charge is -2.13. The number of hydrazine groups is 1. The first kappa shape index (κ1) is 15.0. The van der Waals surface area contributed by atoms with E-state index in [1.807, 2.05) is 19.9 Å². The number of hydrogen-bond acceptors (Lipinski definition) is 5. The summed E-state index contributed by atoms with van der Waals surface area (Å²) in [6.45, 7) is 3.78.